The summed E-state index contributed by atoms with van der Waals surface area (Å²) in [4.78, 5) is 15.8. The van der Waals surface area contributed by atoms with Gasteiger partial charge in [0.1, 0.15) is 5.69 Å². The largest absolute Gasteiger partial charge is 0.321 e. The molecule has 1 amide bonds. The molecule has 3 heteroatoms. The summed E-state index contributed by atoms with van der Waals surface area (Å²) in [5.74, 6) is -0.251. The van der Waals surface area contributed by atoms with Crippen LogP contribution in [0.5, 0.6) is 0 Å². The van der Waals surface area contributed by atoms with Gasteiger partial charge in [0, 0.05) is 11.9 Å². The number of aromatic nitrogens is 1. The lowest BCUT2D eigenvalue weighted by Gasteiger charge is -2.07. The summed E-state index contributed by atoms with van der Waals surface area (Å²) >= 11 is 0. The number of nitrogens with zero attached hydrogens (tertiary/aromatic N) is 1. The van der Waals surface area contributed by atoms with Crippen molar-refractivity contribution >= 4 is 11.6 Å². The molecule has 0 atom stereocenters. The first kappa shape index (κ1) is 11.1. The SMILES string of the molecule is C=C(NC(=O)c1ccccn1)c1ccccc1. The van der Waals surface area contributed by atoms with Gasteiger partial charge < -0.3 is 5.32 Å². The molecule has 84 valence electrons. The van der Waals surface area contributed by atoms with E-state index in [0.717, 1.165) is 5.56 Å². The number of amides is 1. The molecule has 0 aliphatic carbocycles. The van der Waals surface area contributed by atoms with Crippen LogP contribution in [0, 0.1) is 0 Å². The summed E-state index contributed by atoms with van der Waals surface area (Å²) in [6, 6.07) is 14.7. The molecular weight excluding hydrogens is 212 g/mol. The lowest BCUT2D eigenvalue weighted by molar-refractivity contribution is 0.0969. The Hall–Kier alpha value is -2.42. The molecule has 1 N–H and O–H groups in total. The molecule has 0 fully saturated rings. The number of benzene rings is 1. The van der Waals surface area contributed by atoms with Gasteiger partial charge in [0.05, 0.1) is 0 Å². The Bertz CT molecular complexity index is 471. The van der Waals surface area contributed by atoms with Gasteiger partial charge in [-0.3, -0.25) is 9.78 Å². The van der Waals surface area contributed by atoms with Gasteiger partial charge in [-0.25, -0.2) is 0 Å². The molecule has 0 unspecified atom stereocenters. The number of pyridine rings is 1. The molecule has 0 aliphatic heterocycles. The van der Waals surface area contributed by atoms with E-state index in [-0.39, 0.29) is 5.91 Å². The van der Waals surface area contributed by atoms with Crippen molar-refractivity contribution in [3.63, 3.8) is 0 Å². The van der Waals surface area contributed by atoms with Gasteiger partial charge in [-0.05, 0) is 17.7 Å². The van der Waals surface area contributed by atoms with Gasteiger partial charge in [-0.2, -0.15) is 0 Å². The molecule has 0 bridgehead atoms. The first-order valence-electron chi connectivity index (χ1n) is 5.24. The van der Waals surface area contributed by atoms with Gasteiger partial charge in [0.25, 0.3) is 5.91 Å². The van der Waals surface area contributed by atoms with Crippen LogP contribution in [0.1, 0.15) is 16.1 Å². The third-order valence-corrected chi connectivity index (χ3v) is 2.28. The van der Waals surface area contributed by atoms with Gasteiger partial charge in [-0.15, -0.1) is 0 Å². The van der Waals surface area contributed by atoms with E-state index in [4.69, 9.17) is 0 Å². The van der Waals surface area contributed by atoms with E-state index in [1.54, 1.807) is 24.4 Å². The van der Waals surface area contributed by atoms with Crippen LogP contribution >= 0.6 is 0 Å². The Morgan fingerprint density at radius 2 is 1.76 bits per heavy atom. The molecule has 2 aromatic rings. The Labute approximate surface area is 99.8 Å². The molecule has 0 radical (unpaired) electrons. The highest BCUT2D eigenvalue weighted by molar-refractivity contribution is 5.97. The fourth-order valence-corrected chi connectivity index (χ4v) is 1.41. The van der Waals surface area contributed by atoms with E-state index in [1.807, 2.05) is 30.3 Å². The van der Waals surface area contributed by atoms with Crippen molar-refractivity contribution in [1.29, 1.82) is 0 Å². The molecule has 2 rings (SSSR count). The molecule has 3 nitrogen and oxygen atoms in total. The van der Waals surface area contributed by atoms with Gasteiger partial charge in [-0.1, -0.05) is 43.0 Å². The van der Waals surface area contributed by atoms with E-state index in [0.29, 0.717) is 11.4 Å². The van der Waals surface area contributed by atoms with Crippen LogP contribution in [-0.4, -0.2) is 10.9 Å². The highest BCUT2D eigenvalue weighted by atomic mass is 16.1. The number of carbonyl (C=O) groups is 1. The number of nitrogens with one attached hydrogen (secondary N) is 1. The van der Waals surface area contributed by atoms with Crippen molar-refractivity contribution in [3.05, 3.63) is 72.6 Å². The Morgan fingerprint density at radius 3 is 2.41 bits per heavy atom. The van der Waals surface area contributed by atoms with E-state index >= 15 is 0 Å². The van der Waals surface area contributed by atoms with Crippen LogP contribution in [0.3, 0.4) is 0 Å². The van der Waals surface area contributed by atoms with Crippen molar-refractivity contribution in [2.75, 3.05) is 0 Å². The Kier molecular flexibility index (Phi) is 3.31. The van der Waals surface area contributed by atoms with Crippen molar-refractivity contribution in [2.45, 2.75) is 0 Å². The maximum absolute atomic E-state index is 11.8. The van der Waals surface area contributed by atoms with Crippen molar-refractivity contribution in [3.8, 4) is 0 Å². The zero-order valence-corrected chi connectivity index (χ0v) is 9.26. The van der Waals surface area contributed by atoms with Gasteiger partial charge in [0.15, 0.2) is 0 Å². The minimum Gasteiger partial charge on any atom is -0.321 e. The quantitative estimate of drug-likeness (QED) is 0.870. The first-order valence-corrected chi connectivity index (χ1v) is 5.24. The molecule has 0 aliphatic rings. The Morgan fingerprint density at radius 1 is 1.06 bits per heavy atom. The minimum absolute atomic E-state index is 0.251. The van der Waals surface area contributed by atoms with Crippen molar-refractivity contribution in [2.24, 2.45) is 0 Å². The lowest BCUT2D eigenvalue weighted by Crippen LogP contribution is -2.22. The average molecular weight is 224 g/mol. The average Bonchev–Trinajstić information content (AvgIpc) is 2.40. The minimum atomic E-state index is -0.251. The first-order chi connectivity index (χ1) is 8.27. The third-order valence-electron chi connectivity index (χ3n) is 2.28. The second kappa shape index (κ2) is 5.07. The lowest BCUT2D eigenvalue weighted by atomic mass is 10.2. The normalized spacial score (nSPS) is 9.65. The maximum atomic E-state index is 11.8. The third kappa shape index (κ3) is 2.78. The standard InChI is InChI=1S/C14H12N2O/c1-11(12-7-3-2-4-8-12)16-14(17)13-9-5-6-10-15-13/h2-10H,1H2,(H,16,17). The summed E-state index contributed by atoms with van der Waals surface area (Å²) < 4.78 is 0. The van der Waals surface area contributed by atoms with Crippen LogP contribution < -0.4 is 5.32 Å². The zero-order valence-electron chi connectivity index (χ0n) is 9.26. The summed E-state index contributed by atoms with van der Waals surface area (Å²) in [5.41, 5.74) is 1.84. The van der Waals surface area contributed by atoms with Crippen LogP contribution in [0.25, 0.3) is 5.70 Å². The number of hydrogen-bond donors (Lipinski definition) is 1. The van der Waals surface area contributed by atoms with E-state index in [2.05, 4.69) is 16.9 Å². The molecule has 0 spiro atoms. The summed E-state index contributed by atoms with van der Waals surface area (Å²) in [5, 5.41) is 2.72. The van der Waals surface area contributed by atoms with Crippen molar-refractivity contribution in [1.82, 2.24) is 10.3 Å². The predicted molar refractivity (Wildman–Crippen MR) is 67.2 cm³/mol. The highest BCUT2D eigenvalue weighted by Crippen LogP contribution is 2.08. The molecule has 0 saturated carbocycles. The second-order valence-electron chi connectivity index (χ2n) is 3.51. The van der Waals surface area contributed by atoms with Crippen LogP contribution in [-0.2, 0) is 0 Å². The maximum Gasteiger partial charge on any atom is 0.274 e. The van der Waals surface area contributed by atoms with Gasteiger partial charge >= 0.3 is 0 Å². The summed E-state index contributed by atoms with van der Waals surface area (Å²) in [7, 11) is 0. The van der Waals surface area contributed by atoms with E-state index in [1.165, 1.54) is 0 Å². The molecule has 1 heterocycles. The van der Waals surface area contributed by atoms with Gasteiger partial charge in [0.2, 0.25) is 0 Å². The molecule has 0 saturated heterocycles. The Balaban J connectivity index is 2.08. The number of rotatable bonds is 3. The second-order valence-corrected chi connectivity index (χ2v) is 3.51. The predicted octanol–water partition coefficient (Wildman–Crippen LogP) is 2.48. The van der Waals surface area contributed by atoms with E-state index < -0.39 is 0 Å². The fourth-order valence-electron chi connectivity index (χ4n) is 1.41. The number of carbonyl (C=O) groups excluding carboxylic acids is 1. The van der Waals surface area contributed by atoms with Crippen molar-refractivity contribution < 1.29 is 4.79 Å². The van der Waals surface area contributed by atoms with E-state index in [9.17, 15) is 4.79 Å². The topological polar surface area (TPSA) is 42.0 Å². The summed E-state index contributed by atoms with van der Waals surface area (Å²) in [6.07, 6.45) is 1.58. The highest BCUT2D eigenvalue weighted by Gasteiger charge is 2.07. The monoisotopic (exact) mass is 224 g/mol. The smallest absolute Gasteiger partial charge is 0.274 e. The molecule has 17 heavy (non-hydrogen) atoms. The number of hydrogen-bond acceptors (Lipinski definition) is 2. The molecule has 1 aromatic carbocycles. The van der Waals surface area contributed by atoms with Crippen LogP contribution in [0.2, 0.25) is 0 Å². The van der Waals surface area contributed by atoms with Crippen LogP contribution in [0.15, 0.2) is 61.3 Å². The fraction of sp³-hybridized carbons (Fsp3) is 0. The summed E-state index contributed by atoms with van der Waals surface area (Å²) in [6.45, 7) is 3.83. The van der Waals surface area contributed by atoms with Crippen LogP contribution in [0.4, 0.5) is 0 Å². The molecular formula is C14H12N2O. The molecule has 1 aromatic heterocycles. The zero-order chi connectivity index (χ0) is 12.1.